The van der Waals surface area contributed by atoms with E-state index < -0.39 is 0 Å². The van der Waals surface area contributed by atoms with Gasteiger partial charge < -0.3 is 9.73 Å². The number of hydrogen-bond acceptors (Lipinski definition) is 6. The van der Waals surface area contributed by atoms with Gasteiger partial charge in [-0.15, -0.1) is 10.2 Å². The fourth-order valence-electron chi connectivity index (χ4n) is 1.74. The average Bonchev–Trinajstić information content (AvgIpc) is 2.98. The van der Waals surface area contributed by atoms with Crippen LogP contribution in [0, 0.1) is 0 Å². The molecule has 0 aliphatic heterocycles. The third-order valence-electron chi connectivity index (χ3n) is 2.71. The van der Waals surface area contributed by atoms with Gasteiger partial charge in [0, 0.05) is 18.3 Å². The van der Waals surface area contributed by atoms with Crippen LogP contribution < -0.4 is 5.32 Å². The Morgan fingerprint density at radius 2 is 1.90 bits per heavy atom. The van der Waals surface area contributed by atoms with Crippen LogP contribution in [0.2, 0.25) is 0 Å². The predicted octanol–water partition coefficient (Wildman–Crippen LogP) is 1.82. The van der Waals surface area contributed by atoms with Gasteiger partial charge in [0.15, 0.2) is 0 Å². The Morgan fingerprint density at radius 3 is 2.70 bits per heavy atom. The van der Waals surface area contributed by atoms with Crippen molar-refractivity contribution in [2.75, 3.05) is 0 Å². The predicted molar refractivity (Wildman–Crippen MR) is 72.3 cm³/mol. The number of hydrogen-bond donors (Lipinski definition) is 1. The molecule has 0 fully saturated rings. The molecule has 20 heavy (non-hydrogen) atoms. The lowest BCUT2D eigenvalue weighted by Gasteiger charge is -2.00. The van der Waals surface area contributed by atoms with Crippen LogP contribution in [0.4, 0.5) is 0 Å². The van der Waals surface area contributed by atoms with E-state index in [4.69, 9.17) is 4.42 Å². The highest BCUT2D eigenvalue weighted by Gasteiger charge is 2.07. The fourth-order valence-corrected chi connectivity index (χ4v) is 1.74. The van der Waals surface area contributed by atoms with Gasteiger partial charge in [-0.2, -0.15) is 0 Å². The Labute approximate surface area is 115 Å². The molecule has 0 saturated heterocycles. The van der Waals surface area contributed by atoms with Crippen LogP contribution in [0.15, 0.2) is 53.3 Å². The maximum absolute atomic E-state index is 5.59. The van der Waals surface area contributed by atoms with Crippen LogP contribution in [-0.4, -0.2) is 20.2 Å². The summed E-state index contributed by atoms with van der Waals surface area (Å²) in [6, 6.07) is 11.6. The highest BCUT2D eigenvalue weighted by atomic mass is 16.4. The van der Waals surface area contributed by atoms with Crippen molar-refractivity contribution in [3.8, 4) is 11.5 Å². The lowest BCUT2D eigenvalue weighted by Crippen LogP contribution is -2.13. The van der Waals surface area contributed by atoms with Crippen molar-refractivity contribution >= 4 is 0 Å². The number of aromatic nitrogens is 4. The Kier molecular flexibility index (Phi) is 3.75. The number of rotatable bonds is 5. The zero-order valence-electron chi connectivity index (χ0n) is 10.7. The summed E-state index contributed by atoms with van der Waals surface area (Å²) < 4.78 is 5.59. The normalized spacial score (nSPS) is 10.6. The SMILES string of the molecule is c1ccc(-c2nnc(CNCc3ccncn3)o2)cc1. The first kappa shape index (κ1) is 12.4. The van der Waals surface area contributed by atoms with Crippen molar-refractivity contribution in [3.05, 3.63) is 60.5 Å². The smallest absolute Gasteiger partial charge is 0.247 e. The second-order valence-electron chi connectivity index (χ2n) is 4.17. The summed E-state index contributed by atoms with van der Waals surface area (Å²) >= 11 is 0. The van der Waals surface area contributed by atoms with Crippen LogP contribution in [-0.2, 0) is 13.1 Å². The van der Waals surface area contributed by atoms with Crippen LogP contribution in [0.5, 0.6) is 0 Å². The van der Waals surface area contributed by atoms with E-state index in [1.165, 1.54) is 6.33 Å². The molecule has 2 heterocycles. The van der Waals surface area contributed by atoms with Gasteiger partial charge in [-0.3, -0.25) is 0 Å². The van der Waals surface area contributed by atoms with Crippen molar-refractivity contribution in [2.45, 2.75) is 13.1 Å². The molecule has 0 saturated carbocycles. The molecule has 0 bridgehead atoms. The van der Waals surface area contributed by atoms with Gasteiger partial charge in [0.1, 0.15) is 6.33 Å². The molecule has 3 rings (SSSR count). The number of nitrogens with zero attached hydrogens (tertiary/aromatic N) is 4. The summed E-state index contributed by atoms with van der Waals surface area (Å²) in [6.07, 6.45) is 3.24. The summed E-state index contributed by atoms with van der Waals surface area (Å²) in [5.74, 6) is 1.09. The molecule has 100 valence electrons. The van der Waals surface area contributed by atoms with Gasteiger partial charge in [-0.25, -0.2) is 9.97 Å². The van der Waals surface area contributed by atoms with E-state index in [1.54, 1.807) is 6.20 Å². The molecule has 0 atom stereocenters. The molecule has 1 aromatic carbocycles. The third-order valence-corrected chi connectivity index (χ3v) is 2.71. The molecule has 2 aromatic heterocycles. The van der Waals surface area contributed by atoms with Gasteiger partial charge in [0.05, 0.1) is 12.2 Å². The van der Waals surface area contributed by atoms with Crippen LogP contribution in [0.1, 0.15) is 11.6 Å². The molecule has 0 unspecified atom stereocenters. The van der Waals surface area contributed by atoms with Gasteiger partial charge in [0.25, 0.3) is 0 Å². The summed E-state index contributed by atoms with van der Waals surface area (Å²) in [5, 5.41) is 11.2. The second kappa shape index (κ2) is 6.03. The topological polar surface area (TPSA) is 76.7 Å². The lowest BCUT2D eigenvalue weighted by molar-refractivity contribution is 0.476. The van der Waals surface area contributed by atoms with Gasteiger partial charge in [-0.1, -0.05) is 18.2 Å². The van der Waals surface area contributed by atoms with E-state index >= 15 is 0 Å². The zero-order chi connectivity index (χ0) is 13.6. The van der Waals surface area contributed by atoms with E-state index in [0.29, 0.717) is 24.9 Å². The van der Waals surface area contributed by atoms with E-state index in [2.05, 4.69) is 25.5 Å². The monoisotopic (exact) mass is 267 g/mol. The first-order valence-corrected chi connectivity index (χ1v) is 6.25. The molecule has 0 spiro atoms. The molecule has 6 nitrogen and oxygen atoms in total. The molecule has 0 amide bonds. The highest BCUT2D eigenvalue weighted by molar-refractivity contribution is 5.51. The van der Waals surface area contributed by atoms with Crippen LogP contribution in [0.3, 0.4) is 0 Å². The Bertz CT molecular complexity index is 654. The molecule has 0 aliphatic rings. The van der Waals surface area contributed by atoms with Crippen molar-refractivity contribution < 1.29 is 4.42 Å². The van der Waals surface area contributed by atoms with Gasteiger partial charge in [0.2, 0.25) is 11.8 Å². The lowest BCUT2D eigenvalue weighted by atomic mass is 10.2. The van der Waals surface area contributed by atoms with E-state index in [-0.39, 0.29) is 0 Å². The standard InChI is InChI=1S/C14H13N5O/c1-2-4-11(5-3-1)14-19-18-13(20-14)9-16-8-12-6-7-15-10-17-12/h1-7,10,16H,8-9H2. The maximum Gasteiger partial charge on any atom is 0.247 e. The van der Waals surface area contributed by atoms with Crippen LogP contribution in [0.25, 0.3) is 11.5 Å². The maximum atomic E-state index is 5.59. The molecule has 6 heteroatoms. The molecule has 0 radical (unpaired) electrons. The van der Waals surface area contributed by atoms with Crippen molar-refractivity contribution in [3.63, 3.8) is 0 Å². The first-order chi connectivity index (χ1) is 9.92. The minimum absolute atomic E-state index is 0.504. The quantitative estimate of drug-likeness (QED) is 0.759. The van der Waals surface area contributed by atoms with Crippen molar-refractivity contribution in [1.29, 1.82) is 0 Å². The van der Waals surface area contributed by atoms with E-state index in [0.717, 1.165) is 11.3 Å². The Balaban J connectivity index is 1.58. The van der Waals surface area contributed by atoms with Crippen LogP contribution >= 0.6 is 0 Å². The Hall–Kier alpha value is -2.60. The summed E-state index contributed by atoms with van der Waals surface area (Å²) in [4.78, 5) is 7.99. The Morgan fingerprint density at radius 1 is 1.00 bits per heavy atom. The zero-order valence-corrected chi connectivity index (χ0v) is 10.7. The molecule has 0 aliphatic carbocycles. The first-order valence-electron chi connectivity index (χ1n) is 6.25. The van der Waals surface area contributed by atoms with Gasteiger partial charge >= 0.3 is 0 Å². The molecule has 3 aromatic rings. The third kappa shape index (κ3) is 3.04. The van der Waals surface area contributed by atoms with E-state index in [9.17, 15) is 0 Å². The minimum atomic E-state index is 0.504. The summed E-state index contributed by atoms with van der Waals surface area (Å²) in [5.41, 5.74) is 1.84. The number of nitrogens with one attached hydrogen (secondary N) is 1. The van der Waals surface area contributed by atoms with E-state index in [1.807, 2.05) is 36.4 Å². The van der Waals surface area contributed by atoms with Crippen molar-refractivity contribution in [2.24, 2.45) is 0 Å². The van der Waals surface area contributed by atoms with Crippen molar-refractivity contribution in [1.82, 2.24) is 25.5 Å². The average molecular weight is 267 g/mol. The summed E-state index contributed by atoms with van der Waals surface area (Å²) in [6.45, 7) is 1.13. The summed E-state index contributed by atoms with van der Waals surface area (Å²) in [7, 11) is 0. The second-order valence-corrected chi connectivity index (χ2v) is 4.17. The van der Waals surface area contributed by atoms with Gasteiger partial charge in [-0.05, 0) is 18.2 Å². The minimum Gasteiger partial charge on any atom is -0.419 e. The molecular formula is C14H13N5O. The number of benzene rings is 1. The molecular weight excluding hydrogens is 254 g/mol. The largest absolute Gasteiger partial charge is 0.419 e. The highest BCUT2D eigenvalue weighted by Crippen LogP contribution is 2.16. The fraction of sp³-hybridized carbons (Fsp3) is 0.143. The molecule has 1 N–H and O–H groups in total.